The van der Waals surface area contributed by atoms with Gasteiger partial charge in [0, 0.05) is 23.9 Å². The molecule has 0 heterocycles. The predicted molar refractivity (Wildman–Crippen MR) is 76.7 cm³/mol. The van der Waals surface area contributed by atoms with Crippen LogP contribution in [-0.4, -0.2) is 28.6 Å². The molecule has 0 saturated heterocycles. The molecule has 0 amide bonds. The first-order chi connectivity index (χ1) is 10.0. The van der Waals surface area contributed by atoms with E-state index in [1.165, 1.54) is 6.07 Å². The van der Waals surface area contributed by atoms with Gasteiger partial charge >= 0.3 is 11.7 Å². The lowest BCUT2D eigenvalue weighted by Gasteiger charge is -2.19. The molecule has 1 saturated carbocycles. The van der Waals surface area contributed by atoms with Crippen LogP contribution in [0.15, 0.2) is 18.2 Å². The van der Waals surface area contributed by atoms with Crippen LogP contribution in [0.1, 0.15) is 26.2 Å². The van der Waals surface area contributed by atoms with Crippen molar-refractivity contribution in [2.45, 2.75) is 32.2 Å². The first-order valence-corrected chi connectivity index (χ1v) is 6.93. The summed E-state index contributed by atoms with van der Waals surface area (Å²) >= 11 is 0. The van der Waals surface area contributed by atoms with E-state index in [1.807, 2.05) is 0 Å². The Morgan fingerprint density at radius 3 is 2.90 bits per heavy atom. The third-order valence-electron chi connectivity index (χ3n) is 3.64. The van der Waals surface area contributed by atoms with E-state index in [2.05, 4.69) is 5.32 Å². The minimum absolute atomic E-state index is 0.0939. The highest BCUT2D eigenvalue weighted by Gasteiger charge is 2.33. The van der Waals surface area contributed by atoms with Gasteiger partial charge < -0.3 is 15.2 Å². The topological polar surface area (TPSA) is 102 Å². The summed E-state index contributed by atoms with van der Waals surface area (Å²) < 4.78 is 5.28. The van der Waals surface area contributed by atoms with E-state index in [1.54, 1.807) is 19.1 Å². The molecule has 1 aromatic rings. The number of carbonyl (C=O) groups is 1. The van der Waals surface area contributed by atoms with Crippen molar-refractivity contribution in [2.24, 2.45) is 5.92 Å². The fourth-order valence-electron chi connectivity index (χ4n) is 2.67. The highest BCUT2D eigenvalue weighted by Crippen LogP contribution is 2.33. The second kappa shape index (κ2) is 6.43. The van der Waals surface area contributed by atoms with Crippen LogP contribution in [-0.2, 0) is 4.79 Å². The molecule has 21 heavy (non-hydrogen) atoms. The van der Waals surface area contributed by atoms with Gasteiger partial charge in [-0.2, -0.15) is 0 Å². The van der Waals surface area contributed by atoms with Gasteiger partial charge in [0.25, 0.3) is 0 Å². The van der Waals surface area contributed by atoms with E-state index in [9.17, 15) is 14.9 Å². The van der Waals surface area contributed by atoms with Crippen LogP contribution in [0, 0.1) is 16.0 Å². The maximum Gasteiger partial charge on any atom is 0.311 e. The molecule has 0 spiro atoms. The van der Waals surface area contributed by atoms with Crippen molar-refractivity contribution in [3.05, 3.63) is 28.3 Å². The zero-order valence-electron chi connectivity index (χ0n) is 11.7. The second-order valence-electron chi connectivity index (χ2n) is 5.00. The summed E-state index contributed by atoms with van der Waals surface area (Å²) in [5.74, 6) is -1.04. The van der Waals surface area contributed by atoms with Crippen molar-refractivity contribution in [1.29, 1.82) is 0 Å². The lowest BCUT2D eigenvalue weighted by Crippen LogP contribution is -2.29. The number of hydrogen-bond acceptors (Lipinski definition) is 5. The molecule has 7 nitrogen and oxygen atoms in total. The molecular formula is C14H18N2O5. The summed E-state index contributed by atoms with van der Waals surface area (Å²) in [6.45, 7) is 2.08. The number of carboxylic acids is 1. The van der Waals surface area contributed by atoms with Crippen molar-refractivity contribution in [3.63, 3.8) is 0 Å². The summed E-state index contributed by atoms with van der Waals surface area (Å²) in [6, 6.07) is 4.35. The van der Waals surface area contributed by atoms with E-state index in [0.717, 1.165) is 12.8 Å². The van der Waals surface area contributed by atoms with Crippen molar-refractivity contribution in [2.75, 3.05) is 11.9 Å². The van der Waals surface area contributed by atoms with Gasteiger partial charge in [0.2, 0.25) is 0 Å². The normalized spacial score (nSPS) is 21.0. The minimum atomic E-state index is -0.808. The monoisotopic (exact) mass is 294 g/mol. The lowest BCUT2D eigenvalue weighted by molar-refractivity contribution is -0.385. The van der Waals surface area contributed by atoms with Gasteiger partial charge in [0.05, 0.1) is 17.4 Å². The maximum atomic E-state index is 11.2. The average Bonchev–Trinajstić information content (AvgIpc) is 2.87. The van der Waals surface area contributed by atoms with E-state index in [4.69, 9.17) is 9.84 Å². The maximum absolute atomic E-state index is 11.2. The van der Waals surface area contributed by atoms with Gasteiger partial charge in [-0.15, -0.1) is 0 Å². The lowest BCUT2D eigenvalue weighted by atomic mass is 10.0. The van der Waals surface area contributed by atoms with Crippen molar-refractivity contribution in [3.8, 4) is 5.75 Å². The Hall–Kier alpha value is -2.31. The number of benzene rings is 1. The zero-order valence-corrected chi connectivity index (χ0v) is 11.7. The standard InChI is InChI=1S/C14H18N2O5/c1-2-21-13-8-9(6-7-12(13)16(19)20)15-11-5-3-4-10(11)14(17)18/h6-8,10-11,15H,2-5H2,1H3,(H,17,18). The van der Waals surface area contributed by atoms with Gasteiger partial charge in [0.1, 0.15) is 0 Å². The zero-order chi connectivity index (χ0) is 15.4. The number of nitro benzene ring substituents is 1. The van der Waals surface area contributed by atoms with Gasteiger partial charge in [-0.1, -0.05) is 6.42 Å². The van der Waals surface area contributed by atoms with Gasteiger partial charge in [-0.05, 0) is 25.8 Å². The molecule has 7 heteroatoms. The van der Waals surface area contributed by atoms with E-state index in [-0.39, 0.29) is 17.5 Å². The highest BCUT2D eigenvalue weighted by atomic mass is 16.6. The summed E-state index contributed by atoms with van der Waals surface area (Å²) in [5.41, 5.74) is 0.547. The Bertz CT molecular complexity index is 546. The first kappa shape index (κ1) is 15.1. The smallest absolute Gasteiger partial charge is 0.311 e. The molecule has 2 atom stereocenters. The molecule has 2 rings (SSSR count). The number of aliphatic carboxylic acids is 1. The molecule has 1 fully saturated rings. The number of nitro groups is 1. The molecule has 2 unspecified atom stereocenters. The largest absolute Gasteiger partial charge is 0.487 e. The Kier molecular flexibility index (Phi) is 4.62. The predicted octanol–water partition coefficient (Wildman–Crippen LogP) is 2.66. The summed E-state index contributed by atoms with van der Waals surface area (Å²) in [6.07, 6.45) is 2.29. The average molecular weight is 294 g/mol. The number of anilines is 1. The van der Waals surface area contributed by atoms with E-state index in [0.29, 0.717) is 18.7 Å². The third kappa shape index (κ3) is 3.42. The fraction of sp³-hybridized carbons (Fsp3) is 0.500. The van der Waals surface area contributed by atoms with Gasteiger partial charge in [-0.25, -0.2) is 0 Å². The van der Waals surface area contributed by atoms with Crippen molar-refractivity contribution in [1.82, 2.24) is 0 Å². The van der Waals surface area contributed by atoms with E-state index < -0.39 is 16.8 Å². The van der Waals surface area contributed by atoms with E-state index >= 15 is 0 Å². The summed E-state index contributed by atoms with van der Waals surface area (Å²) in [5, 5.41) is 23.2. The fourth-order valence-corrected chi connectivity index (χ4v) is 2.67. The number of carboxylic acid groups (broad SMARTS) is 1. The Balaban J connectivity index is 2.18. The molecule has 0 aromatic heterocycles. The Labute approximate surface area is 122 Å². The molecule has 0 aliphatic heterocycles. The number of ether oxygens (including phenoxy) is 1. The second-order valence-corrected chi connectivity index (χ2v) is 5.00. The number of nitrogens with zero attached hydrogens (tertiary/aromatic N) is 1. The molecule has 1 aliphatic rings. The quantitative estimate of drug-likeness (QED) is 0.617. The summed E-state index contributed by atoms with van der Waals surface area (Å²) in [4.78, 5) is 21.6. The molecule has 0 radical (unpaired) electrons. The molecule has 0 bridgehead atoms. The van der Waals surface area contributed by atoms with Crippen LogP contribution in [0.4, 0.5) is 11.4 Å². The molecule has 2 N–H and O–H groups in total. The molecular weight excluding hydrogens is 276 g/mol. The number of hydrogen-bond donors (Lipinski definition) is 2. The number of rotatable bonds is 6. The van der Waals surface area contributed by atoms with Crippen LogP contribution in [0.5, 0.6) is 5.75 Å². The minimum Gasteiger partial charge on any atom is -0.487 e. The SMILES string of the molecule is CCOc1cc(NC2CCCC2C(=O)O)ccc1[N+](=O)[O-]. The molecule has 1 aliphatic carbocycles. The van der Waals surface area contributed by atoms with Gasteiger partial charge in [-0.3, -0.25) is 14.9 Å². The Morgan fingerprint density at radius 1 is 1.52 bits per heavy atom. The molecule has 1 aromatic carbocycles. The van der Waals surface area contributed by atoms with Crippen LogP contribution in [0.3, 0.4) is 0 Å². The van der Waals surface area contributed by atoms with Crippen molar-refractivity contribution < 1.29 is 19.6 Å². The van der Waals surface area contributed by atoms with Crippen LogP contribution in [0.2, 0.25) is 0 Å². The summed E-state index contributed by atoms with van der Waals surface area (Å²) in [7, 11) is 0. The van der Waals surface area contributed by atoms with Crippen LogP contribution in [0.25, 0.3) is 0 Å². The van der Waals surface area contributed by atoms with Crippen LogP contribution >= 0.6 is 0 Å². The molecule has 114 valence electrons. The van der Waals surface area contributed by atoms with Crippen molar-refractivity contribution >= 4 is 17.3 Å². The Morgan fingerprint density at radius 2 is 2.29 bits per heavy atom. The first-order valence-electron chi connectivity index (χ1n) is 6.93. The number of nitrogens with one attached hydrogen (secondary N) is 1. The van der Waals surface area contributed by atoms with Gasteiger partial charge in [0.15, 0.2) is 5.75 Å². The third-order valence-corrected chi connectivity index (χ3v) is 3.64. The highest BCUT2D eigenvalue weighted by molar-refractivity contribution is 5.72. The van der Waals surface area contributed by atoms with Crippen LogP contribution < -0.4 is 10.1 Å².